The van der Waals surface area contributed by atoms with Crippen LogP contribution in [0.3, 0.4) is 0 Å². The number of benzene rings is 3. The van der Waals surface area contributed by atoms with Gasteiger partial charge in [0.25, 0.3) is 5.89 Å². The Morgan fingerprint density at radius 1 is 1.00 bits per heavy atom. The lowest BCUT2D eigenvalue weighted by Crippen LogP contribution is -1.99. The summed E-state index contributed by atoms with van der Waals surface area (Å²) < 4.78 is 16.8. The second-order valence-corrected chi connectivity index (χ2v) is 7.49. The highest BCUT2D eigenvalue weighted by Gasteiger charge is 2.11. The molecule has 0 saturated carbocycles. The van der Waals surface area contributed by atoms with Gasteiger partial charge in [-0.3, -0.25) is 0 Å². The van der Waals surface area contributed by atoms with Crippen molar-refractivity contribution in [2.24, 2.45) is 0 Å². The van der Waals surface area contributed by atoms with Crippen LogP contribution < -0.4 is 15.2 Å². The predicted octanol–water partition coefficient (Wildman–Crippen LogP) is 5.69. The van der Waals surface area contributed by atoms with Crippen molar-refractivity contribution in [1.29, 1.82) is 0 Å². The van der Waals surface area contributed by atoms with Gasteiger partial charge in [0, 0.05) is 22.9 Å². The minimum Gasteiger partial charge on any atom is -0.496 e. The van der Waals surface area contributed by atoms with Crippen LogP contribution in [-0.4, -0.2) is 17.3 Å². The number of hydrogen-bond donors (Lipinski definition) is 1. The summed E-state index contributed by atoms with van der Waals surface area (Å²) in [6.07, 6.45) is 3.70. The van der Waals surface area contributed by atoms with E-state index >= 15 is 0 Å². The minimum atomic E-state index is 0.397. The van der Waals surface area contributed by atoms with Gasteiger partial charge in [-0.25, -0.2) is 0 Å². The molecule has 4 rings (SSSR count). The molecule has 162 valence electrons. The third kappa shape index (κ3) is 4.81. The lowest BCUT2D eigenvalue weighted by Gasteiger charge is -2.11. The number of nitrogens with two attached hydrogens (primary N) is 1. The zero-order chi connectivity index (χ0) is 22.5. The maximum Gasteiger partial charge on any atom is 0.250 e. The van der Waals surface area contributed by atoms with E-state index in [2.05, 4.69) is 10.1 Å². The van der Waals surface area contributed by atoms with Gasteiger partial charge < -0.3 is 19.7 Å². The van der Waals surface area contributed by atoms with E-state index in [1.807, 2.05) is 80.6 Å². The van der Waals surface area contributed by atoms with Crippen LogP contribution >= 0.6 is 0 Å². The Balaban J connectivity index is 1.51. The molecule has 1 aromatic heterocycles. The van der Waals surface area contributed by atoms with E-state index in [0.29, 0.717) is 24.0 Å². The Morgan fingerprint density at radius 2 is 1.84 bits per heavy atom. The first kappa shape index (κ1) is 21.2. The third-order valence-electron chi connectivity index (χ3n) is 5.17. The van der Waals surface area contributed by atoms with Crippen molar-refractivity contribution in [3.05, 3.63) is 88.8 Å². The summed E-state index contributed by atoms with van der Waals surface area (Å²) in [5.74, 6) is 2.52. The van der Waals surface area contributed by atoms with Gasteiger partial charge in [0.05, 0.1) is 7.11 Å². The number of anilines is 1. The van der Waals surface area contributed by atoms with Gasteiger partial charge in [-0.1, -0.05) is 35.5 Å². The molecule has 0 aliphatic heterocycles. The van der Waals surface area contributed by atoms with Crippen LogP contribution in [-0.2, 0) is 6.61 Å². The predicted molar refractivity (Wildman–Crippen MR) is 126 cm³/mol. The summed E-state index contributed by atoms with van der Waals surface area (Å²) in [6, 6.07) is 19.5. The highest BCUT2D eigenvalue weighted by Crippen LogP contribution is 2.26. The average molecular weight is 428 g/mol. The summed E-state index contributed by atoms with van der Waals surface area (Å²) in [6.45, 7) is 4.37. The number of nitrogen functional groups attached to an aromatic ring is 1. The Labute approximate surface area is 187 Å². The van der Waals surface area contributed by atoms with E-state index in [0.717, 1.165) is 39.3 Å². The molecule has 0 radical (unpaired) electrons. The molecule has 3 aromatic carbocycles. The quantitative estimate of drug-likeness (QED) is 0.381. The van der Waals surface area contributed by atoms with Crippen molar-refractivity contribution >= 4 is 17.8 Å². The van der Waals surface area contributed by atoms with Gasteiger partial charge in [0.1, 0.15) is 18.1 Å². The standard InChI is InChI=1S/C26H25N3O3/c1-17-6-4-7-21(14-17)31-16-20-15-19(10-12-24(20)30-3)11-13-25-28-26(29-32-25)22-8-5-9-23(27)18(22)2/h4-15H,16,27H2,1-3H3/b13-11-. The molecule has 0 aliphatic rings. The lowest BCUT2D eigenvalue weighted by molar-refractivity contribution is 0.296. The molecule has 4 aromatic rings. The molecule has 0 spiro atoms. The van der Waals surface area contributed by atoms with Crippen LogP contribution in [0.1, 0.15) is 28.1 Å². The molecule has 0 unspecified atom stereocenters. The highest BCUT2D eigenvalue weighted by molar-refractivity contribution is 5.70. The average Bonchev–Trinajstić information content (AvgIpc) is 3.27. The fourth-order valence-electron chi connectivity index (χ4n) is 3.36. The van der Waals surface area contributed by atoms with E-state index in [9.17, 15) is 0 Å². The molecule has 2 N–H and O–H groups in total. The smallest absolute Gasteiger partial charge is 0.250 e. The Hall–Kier alpha value is -4.06. The maximum absolute atomic E-state index is 5.99. The molecule has 6 heteroatoms. The van der Waals surface area contributed by atoms with E-state index < -0.39 is 0 Å². The van der Waals surface area contributed by atoms with Crippen LogP contribution in [0.2, 0.25) is 0 Å². The number of methoxy groups -OCH3 is 1. The molecular weight excluding hydrogens is 402 g/mol. The fraction of sp³-hybridized carbons (Fsp3) is 0.154. The van der Waals surface area contributed by atoms with E-state index in [4.69, 9.17) is 19.7 Å². The Morgan fingerprint density at radius 3 is 2.66 bits per heavy atom. The first-order valence-electron chi connectivity index (χ1n) is 10.3. The number of rotatable bonds is 7. The first-order chi connectivity index (χ1) is 15.5. The normalized spacial score (nSPS) is 11.1. The zero-order valence-corrected chi connectivity index (χ0v) is 18.3. The van der Waals surface area contributed by atoms with Gasteiger partial charge in [0.15, 0.2) is 0 Å². The summed E-state index contributed by atoms with van der Waals surface area (Å²) >= 11 is 0. The van der Waals surface area contributed by atoms with Crippen molar-refractivity contribution in [2.75, 3.05) is 12.8 Å². The lowest BCUT2D eigenvalue weighted by atomic mass is 10.1. The number of aromatic nitrogens is 2. The van der Waals surface area contributed by atoms with Crippen LogP contribution in [0.4, 0.5) is 5.69 Å². The second kappa shape index (κ2) is 9.39. The number of nitrogens with zero attached hydrogens (tertiary/aromatic N) is 2. The number of ether oxygens (including phenoxy) is 2. The molecule has 6 nitrogen and oxygen atoms in total. The van der Waals surface area contributed by atoms with Gasteiger partial charge in [0.2, 0.25) is 5.82 Å². The van der Waals surface area contributed by atoms with E-state index in [1.54, 1.807) is 13.2 Å². The Kier molecular flexibility index (Phi) is 6.22. The monoisotopic (exact) mass is 427 g/mol. The molecule has 0 aliphatic carbocycles. The SMILES string of the molecule is COc1ccc(/C=C\c2nc(-c3cccc(N)c3C)no2)cc1COc1cccc(C)c1. The van der Waals surface area contributed by atoms with Gasteiger partial charge in [-0.15, -0.1) is 0 Å². The van der Waals surface area contributed by atoms with E-state index in [-0.39, 0.29) is 0 Å². The molecule has 0 amide bonds. The fourth-order valence-corrected chi connectivity index (χ4v) is 3.36. The van der Waals surface area contributed by atoms with Crippen LogP contribution in [0.25, 0.3) is 23.5 Å². The van der Waals surface area contributed by atoms with Gasteiger partial charge >= 0.3 is 0 Å². The maximum atomic E-state index is 5.99. The molecule has 32 heavy (non-hydrogen) atoms. The van der Waals surface area contributed by atoms with E-state index in [1.165, 1.54) is 0 Å². The summed E-state index contributed by atoms with van der Waals surface area (Å²) in [7, 11) is 1.65. The number of hydrogen-bond acceptors (Lipinski definition) is 6. The van der Waals surface area contributed by atoms with Crippen molar-refractivity contribution < 1.29 is 14.0 Å². The van der Waals surface area contributed by atoms with Crippen LogP contribution in [0, 0.1) is 13.8 Å². The number of aryl methyl sites for hydroxylation is 1. The summed E-state index contributed by atoms with van der Waals surface area (Å²) in [4.78, 5) is 4.47. The summed E-state index contributed by atoms with van der Waals surface area (Å²) in [5.41, 5.74) is 11.5. The topological polar surface area (TPSA) is 83.4 Å². The largest absolute Gasteiger partial charge is 0.496 e. The van der Waals surface area contributed by atoms with Crippen molar-refractivity contribution in [2.45, 2.75) is 20.5 Å². The molecule has 0 saturated heterocycles. The van der Waals surface area contributed by atoms with Crippen molar-refractivity contribution in [1.82, 2.24) is 10.1 Å². The second-order valence-electron chi connectivity index (χ2n) is 7.49. The molecule has 0 atom stereocenters. The minimum absolute atomic E-state index is 0.397. The highest BCUT2D eigenvalue weighted by atomic mass is 16.5. The zero-order valence-electron chi connectivity index (χ0n) is 18.3. The van der Waals surface area contributed by atoms with Crippen molar-refractivity contribution in [3.8, 4) is 22.9 Å². The molecule has 0 bridgehead atoms. The first-order valence-corrected chi connectivity index (χ1v) is 10.3. The molecule has 1 heterocycles. The molecule has 0 fully saturated rings. The summed E-state index contributed by atoms with van der Waals surface area (Å²) in [5, 5.41) is 4.08. The van der Waals surface area contributed by atoms with Crippen LogP contribution in [0.5, 0.6) is 11.5 Å². The third-order valence-corrected chi connectivity index (χ3v) is 5.17. The van der Waals surface area contributed by atoms with Gasteiger partial charge in [-0.05, 0) is 66.9 Å². The van der Waals surface area contributed by atoms with Crippen LogP contribution in [0.15, 0.2) is 65.2 Å². The Bertz CT molecular complexity index is 1260. The van der Waals surface area contributed by atoms with Crippen molar-refractivity contribution in [3.63, 3.8) is 0 Å². The van der Waals surface area contributed by atoms with Gasteiger partial charge in [-0.2, -0.15) is 4.98 Å². The molecular formula is C26H25N3O3.